The van der Waals surface area contributed by atoms with Crippen molar-refractivity contribution in [1.29, 1.82) is 0 Å². The van der Waals surface area contributed by atoms with Gasteiger partial charge in [-0.1, -0.05) is 0 Å². The Morgan fingerprint density at radius 3 is 1.34 bits per heavy atom. The van der Waals surface area contributed by atoms with Crippen LogP contribution in [0.15, 0.2) is 36.4 Å². The molecule has 1 aromatic rings. The third-order valence-corrected chi connectivity index (χ3v) is 22.9. The van der Waals surface area contributed by atoms with Crippen LogP contribution in [-0.2, 0) is 53.1 Å². The Morgan fingerprint density at radius 1 is 0.518 bits per heavy atom. The standard InChI is InChI=1S/C36H66N3O12SSi4/c1-40-53(41-2,42-3)25-13-21-38(22-14-26-54(43-4,44-5)45-6)31-17-19-33-35(29-31)52-36-30-32(18-20-34(36)37-33)39(23-15-27-55(46-7,47-8)48-9)24-16-28-56(49-10,50-11)51-12/h17-20,29-30H,13-16,21-28H2,1-12H3/q+1. The lowest BCUT2D eigenvalue weighted by Gasteiger charge is -2.30. The molecule has 0 bridgehead atoms. The molecule has 0 N–H and O–H groups in total. The first-order valence-electron chi connectivity index (χ1n) is 18.8. The minimum absolute atomic E-state index is 0.693. The summed E-state index contributed by atoms with van der Waals surface area (Å²) in [7, 11) is 8.93. The zero-order valence-corrected chi connectivity index (χ0v) is 40.4. The summed E-state index contributed by atoms with van der Waals surface area (Å²) in [6.07, 6.45) is 3.30. The lowest BCUT2D eigenvalue weighted by molar-refractivity contribution is 0.121. The molecule has 0 radical (unpaired) electrons. The van der Waals surface area contributed by atoms with Crippen LogP contribution >= 0.6 is 11.3 Å². The Balaban J connectivity index is 2.02. The Labute approximate surface area is 342 Å². The first-order valence-corrected chi connectivity index (χ1v) is 27.4. The van der Waals surface area contributed by atoms with Gasteiger partial charge in [0.15, 0.2) is 0 Å². The maximum atomic E-state index is 5.71. The first kappa shape index (κ1) is 48.8. The van der Waals surface area contributed by atoms with Gasteiger partial charge in [0.25, 0.3) is 0 Å². The molecule has 2 aliphatic rings. The van der Waals surface area contributed by atoms with Gasteiger partial charge >= 0.3 is 35.2 Å². The molecule has 0 saturated carbocycles. The second-order valence-electron chi connectivity index (χ2n) is 13.1. The lowest BCUT2D eigenvalue weighted by Crippen LogP contribution is -2.44. The van der Waals surface area contributed by atoms with E-state index in [2.05, 4.69) is 45.9 Å². The molecule has 1 aromatic carbocycles. The predicted molar refractivity (Wildman–Crippen MR) is 228 cm³/mol. The topological polar surface area (TPSA) is 130 Å². The molecule has 0 spiro atoms. The fourth-order valence-electron chi connectivity index (χ4n) is 6.91. The van der Waals surface area contributed by atoms with Gasteiger partial charge in [-0.15, -0.1) is 11.3 Å². The van der Waals surface area contributed by atoms with Gasteiger partial charge in [-0.3, -0.25) is 0 Å². The van der Waals surface area contributed by atoms with Crippen molar-refractivity contribution in [2.24, 2.45) is 0 Å². The van der Waals surface area contributed by atoms with Crippen LogP contribution in [-0.4, -0.2) is 152 Å². The van der Waals surface area contributed by atoms with Crippen LogP contribution in [0, 0.1) is 0 Å². The van der Waals surface area contributed by atoms with E-state index in [4.69, 9.17) is 58.1 Å². The minimum atomic E-state index is -2.73. The zero-order valence-electron chi connectivity index (χ0n) is 35.6. The first-order chi connectivity index (χ1) is 27.0. The second kappa shape index (κ2) is 23.9. The highest BCUT2D eigenvalue weighted by Gasteiger charge is 2.40. The molecule has 0 atom stereocenters. The molecular weight excluding hydrogens is 811 g/mol. The van der Waals surface area contributed by atoms with Crippen LogP contribution in [0.1, 0.15) is 25.7 Å². The Hall–Kier alpha value is -1.55. The molecule has 0 fully saturated rings. The summed E-state index contributed by atoms with van der Waals surface area (Å²) in [6, 6.07) is 15.8. The van der Waals surface area contributed by atoms with Crippen LogP contribution in [0.3, 0.4) is 0 Å². The van der Waals surface area contributed by atoms with E-state index in [0.717, 1.165) is 83.7 Å². The summed E-state index contributed by atoms with van der Waals surface area (Å²) >= 11 is 1.74. The number of hydrogen-bond donors (Lipinski definition) is 0. The molecule has 15 nitrogen and oxygen atoms in total. The average Bonchev–Trinajstić information content (AvgIpc) is 3.25. The Morgan fingerprint density at radius 2 is 0.929 bits per heavy atom. The van der Waals surface area contributed by atoms with Gasteiger partial charge in [0, 0.05) is 153 Å². The molecule has 0 aromatic heterocycles. The summed E-state index contributed by atoms with van der Waals surface area (Å²) in [5.41, 5.74) is 3.01. The van der Waals surface area contributed by atoms with Crippen molar-refractivity contribution in [2.75, 3.05) is 116 Å². The van der Waals surface area contributed by atoms with E-state index in [1.165, 1.54) is 0 Å². The van der Waals surface area contributed by atoms with Crippen molar-refractivity contribution in [1.82, 2.24) is 9.56 Å². The van der Waals surface area contributed by atoms with E-state index >= 15 is 0 Å². The highest BCUT2D eigenvalue weighted by Crippen LogP contribution is 2.33. The molecule has 1 aliphatic carbocycles. The van der Waals surface area contributed by atoms with Crippen molar-refractivity contribution >= 4 is 62.5 Å². The summed E-state index contributed by atoms with van der Waals surface area (Å²) in [4.78, 5) is 8.57. The number of anilines is 1. The van der Waals surface area contributed by atoms with Gasteiger partial charge in [-0.05, 0) is 37.1 Å². The molecule has 3 rings (SSSR count). The van der Waals surface area contributed by atoms with E-state index in [1.54, 1.807) is 96.7 Å². The molecule has 0 amide bonds. The summed E-state index contributed by atoms with van der Waals surface area (Å²) in [5, 5.41) is 1.11. The maximum absolute atomic E-state index is 5.71. The van der Waals surface area contributed by atoms with Gasteiger partial charge in [0.05, 0.1) is 20.8 Å². The van der Waals surface area contributed by atoms with E-state index < -0.39 is 35.2 Å². The Kier molecular flexibility index (Phi) is 20.8. The summed E-state index contributed by atoms with van der Waals surface area (Å²) in [6.45, 7) is 3.12. The van der Waals surface area contributed by atoms with Crippen LogP contribution < -0.4 is 14.8 Å². The zero-order chi connectivity index (χ0) is 41.2. The van der Waals surface area contributed by atoms with Crippen LogP contribution in [0.4, 0.5) is 5.69 Å². The van der Waals surface area contributed by atoms with Gasteiger partial charge in [0.1, 0.15) is 13.1 Å². The van der Waals surface area contributed by atoms with Crippen molar-refractivity contribution in [2.45, 2.75) is 49.9 Å². The number of benzene rings is 2. The maximum Gasteiger partial charge on any atom is 0.500 e. The SMILES string of the molecule is CO[Si](CCCN(CCC[Si](OC)(OC)OC)c1ccc2nc3ccc(=[N+](CCC[Si](OC)(OC)OC)CCC[Si](OC)(OC)OC)cc-3sc2c1)(OC)OC. The molecular formula is C36H66N3O12SSi4+. The van der Waals surface area contributed by atoms with E-state index in [1.807, 2.05) is 0 Å². The number of fused-ring (bicyclic) bond motifs is 2. The van der Waals surface area contributed by atoms with Crippen LogP contribution in [0.5, 0.6) is 0 Å². The van der Waals surface area contributed by atoms with E-state index in [9.17, 15) is 0 Å². The number of rotatable bonds is 29. The molecule has 20 heteroatoms. The van der Waals surface area contributed by atoms with Crippen LogP contribution in [0.25, 0.3) is 20.8 Å². The summed E-state index contributed by atoms with van der Waals surface area (Å²) in [5.74, 6) is 0. The molecule has 0 saturated heterocycles. The normalized spacial score (nSPS) is 12.9. The van der Waals surface area contributed by atoms with Crippen molar-refractivity contribution in [3.05, 3.63) is 41.8 Å². The fraction of sp³-hybridized carbons (Fsp3) is 0.667. The van der Waals surface area contributed by atoms with E-state index in [-0.39, 0.29) is 0 Å². The predicted octanol–water partition coefficient (Wildman–Crippen LogP) is 5.05. The highest BCUT2D eigenvalue weighted by atomic mass is 32.1. The highest BCUT2D eigenvalue weighted by molar-refractivity contribution is 7.21. The minimum Gasteiger partial charge on any atom is -0.377 e. The third-order valence-electron chi connectivity index (χ3n) is 10.5. The quantitative estimate of drug-likeness (QED) is 0.0524. The Bertz CT molecular complexity index is 1540. The van der Waals surface area contributed by atoms with Gasteiger partial charge in [-0.2, -0.15) is 0 Å². The molecule has 1 heterocycles. The smallest absolute Gasteiger partial charge is 0.377 e. The van der Waals surface area contributed by atoms with Gasteiger partial charge in [-0.25, -0.2) is 9.56 Å². The molecule has 1 aliphatic heterocycles. The number of nitrogens with zero attached hydrogens (tertiary/aromatic N) is 3. The molecule has 318 valence electrons. The largest absolute Gasteiger partial charge is 0.500 e. The van der Waals surface area contributed by atoms with Crippen molar-refractivity contribution in [3.63, 3.8) is 0 Å². The lowest BCUT2D eigenvalue weighted by atomic mass is 10.2. The fourth-order valence-corrected chi connectivity index (χ4v) is 14.8. The third kappa shape index (κ3) is 12.7. The monoisotopic (exact) mass is 876 g/mol. The number of hydrogen-bond acceptors (Lipinski definition) is 15. The van der Waals surface area contributed by atoms with Crippen molar-refractivity contribution < 1.29 is 53.1 Å². The van der Waals surface area contributed by atoms with Gasteiger partial charge < -0.3 is 58.0 Å². The van der Waals surface area contributed by atoms with Crippen LogP contribution in [0.2, 0.25) is 24.2 Å². The number of aromatic nitrogens is 1. The van der Waals surface area contributed by atoms with E-state index in [0.29, 0.717) is 24.2 Å². The second-order valence-corrected chi connectivity index (χ2v) is 26.5. The summed E-state index contributed by atoms with van der Waals surface area (Å²) < 4.78 is 72.1. The molecule has 0 unspecified atom stereocenters. The van der Waals surface area contributed by atoms with Gasteiger partial charge in [0.2, 0.25) is 5.36 Å². The average molecular weight is 877 g/mol. The van der Waals surface area contributed by atoms with Crippen molar-refractivity contribution in [3.8, 4) is 10.6 Å². The molecule has 56 heavy (non-hydrogen) atoms.